The zero-order chi connectivity index (χ0) is 24.8. The Kier molecular flexibility index (Phi) is 6.28. The maximum Gasteiger partial charge on any atom is 0.202 e. The van der Waals surface area contributed by atoms with Crippen molar-refractivity contribution in [2.24, 2.45) is 0 Å². The molecule has 0 bridgehead atoms. The van der Waals surface area contributed by atoms with E-state index in [9.17, 15) is 14.4 Å². The number of ketones is 3. The van der Waals surface area contributed by atoms with Crippen molar-refractivity contribution < 1.29 is 42.8 Å². The Morgan fingerprint density at radius 3 is 1.94 bits per heavy atom. The van der Waals surface area contributed by atoms with E-state index in [-0.39, 0.29) is 62.3 Å². The Morgan fingerprint density at radius 1 is 0.882 bits per heavy atom. The second-order valence-electron chi connectivity index (χ2n) is 7.85. The van der Waals surface area contributed by atoms with E-state index in [0.29, 0.717) is 13.2 Å². The highest BCUT2D eigenvalue weighted by atomic mass is 35.5. The summed E-state index contributed by atoms with van der Waals surface area (Å²) in [7, 11) is 5.38. The molecule has 0 N–H and O–H groups in total. The van der Waals surface area contributed by atoms with Crippen LogP contribution >= 0.6 is 11.6 Å². The lowest BCUT2D eigenvalue weighted by Crippen LogP contribution is -2.30. The van der Waals surface area contributed by atoms with Crippen molar-refractivity contribution in [1.29, 1.82) is 0 Å². The molecule has 0 saturated carbocycles. The Labute approximate surface area is 200 Å². The highest BCUT2D eigenvalue weighted by molar-refractivity contribution is 6.37. The van der Waals surface area contributed by atoms with Crippen molar-refractivity contribution in [3.05, 3.63) is 45.0 Å². The van der Waals surface area contributed by atoms with Gasteiger partial charge in [0.2, 0.25) is 5.78 Å². The van der Waals surface area contributed by atoms with Crippen molar-refractivity contribution in [2.45, 2.75) is 19.1 Å². The van der Waals surface area contributed by atoms with Gasteiger partial charge in [-0.15, -0.1) is 0 Å². The third-order valence-electron chi connectivity index (χ3n) is 5.88. The van der Waals surface area contributed by atoms with Crippen LogP contribution in [0.4, 0.5) is 0 Å². The van der Waals surface area contributed by atoms with E-state index in [1.165, 1.54) is 40.6 Å². The minimum Gasteiger partial charge on any atom is -0.496 e. The molecule has 0 amide bonds. The first-order valence-electron chi connectivity index (χ1n) is 10.3. The van der Waals surface area contributed by atoms with Crippen LogP contribution in [0.1, 0.15) is 55.5 Å². The molecule has 2 aliphatic rings. The Balaban J connectivity index is 1.95. The van der Waals surface area contributed by atoms with Gasteiger partial charge >= 0.3 is 0 Å². The van der Waals surface area contributed by atoms with Crippen molar-refractivity contribution in [3.63, 3.8) is 0 Å². The summed E-state index contributed by atoms with van der Waals surface area (Å²) in [5, 5.41) is 0.0422. The normalized spacial score (nSPS) is 16.1. The first-order valence-corrected chi connectivity index (χ1v) is 10.7. The number of carbonyl (C=O) groups excluding carboxylic acids is 3. The van der Waals surface area contributed by atoms with Crippen LogP contribution in [0.2, 0.25) is 5.02 Å². The third kappa shape index (κ3) is 3.60. The van der Waals surface area contributed by atoms with E-state index in [0.717, 1.165) is 0 Å². The molecule has 1 saturated heterocycles. The fourth-order valence-corrected chi connectivity index (χ4v) is 4.64. The lowest BCUT2D eigenvalue weighted by Gasteiger charge is -2.26. The second kappa shape index (κ2) is 8.90. The number of benzene rings is 2. The molecule has 1 aliphatic heterocycles. The molecule has 1 aliphatic carbocycles. The summed E-state index contributed by atoms with van der Waals surface area (Å²) in [4.78, 5) is 40.6. The second-order valence-corrected chi connectivity index (χ2v) is 8.23. The molecule has 4 rings (SSSR count). The van der Waals surface area contributed by atoms with E-state index in [1.807, 2.05) is 0 Å². The predicted molar refractivity (Wildman–Crippen MR) is 120 cm³/mol. The maximum absolute atomic E-state index is 13.7. The standard InChI is InChI=1S/C24H23ClO9/c1-24(33-6-7-34-24)10-13(26)18-14(29-2)8-11-16(22(18)31-4)21(28)17-12(20(11)27)9-15(30-3)19(25)23(17)32-5/h8-9H,6-7,10H2,1-5H3. The minimum atomic E-state index is -1.12. The lowest BCUT2D eigenvalue weighted by atomic mass is 9.81. The first kappa shape index (κ1) is 24.0. The Morgan fingerprint density at radius 2 is 1.41 bits per heavy atom. The van der Waals surface area contributed by atoms with E-state index in [2.05, 4.69) is 0 Å². The van der Waals surface area contributed by atoms with Crippen LogP contribution in [-0.4, -0.2) is 64.8 Å². The highest BCUT2D eigenvalue weighted by Crippen LogP contribution is 2.47. The highest BCUT2D eigenvalue weighted by Gasteiger charge is 2.41. The van der Waals surface area contributed by atoms with Gasteiger partial charge in [0.25, 0.3) is 0 Å². The van der Waals surface area contributed by atoms with Gasteiger partial charge in [-0.25, -0.2) is 0 Å². The van der Waals surface area contributed by atoms with E-state index in [4.69, 9.17) is 40.0 Å². The molecule has 10 heteroatoms. The maximum atomic E-state index is 13.7. The van der Waals surface area contributed by atoms with Gasteiger partial charge in [0, 0.05) is 11.1 Å². The number of ether oxygens (including phenoxy) is 6. The number of rotatable bonds is 7. The molecule has 0 atom stereocenters. The van der Waals surface area contributed by atoms with Crippen LogP contribution < -0.4 is 18.9 Å². The van der Waals surface area contributed by atoms with Gasteiger partial charge < -0.3 is 28.4 Å². The molecule has 1 heterocycles. The van der Waals surface area contributed by atoms with Gasteiger partial charge in [0.05, 0.1) is 59.2 Å². The largest absolute Gasteiger partial charge is 0.496 e. The number of hydrogen-bond acceptors (Lipinski definition) is 9. The molecule has 2 aromatic rings. The molecular formula is C24H23ClO9. The summed E-state index contributed by atoms with van der Waals surface area (Å²) < 4.78 is 32.7. The summed E-state index contributed by atoms with van der Waals surface area (Å²) in [6, 6.07) is 2.75. The Hall–Kier alpha value is -3.14. The minimum absolute atomic E-state index is 0.00671. The van der Waals surface area contributed by atoms with Gasteiger partial charge in [-0.1, -0.05) is 11.6 Å². The van der Waals surface area contributed by atoms with E-state index in [1.54, 1.807) is 6.92 Å². The SMILES string of the molecule is COc1cc2c(c(OC)c1Cl)C(=O)c1c(cc(OC)c(C(=O)CC3(C)OCCO3)c1OC)C2=O. The summed E-state index contributed by atoms with van der Waals surface area (Å²) in [6.07, 6.45) is -0.149. The fourth-order valence-electron chi connectivity index (χ4n) is 4.33. The van der Waals surface area contributed by atoms with Crippen LogP contribution in [0, 0.1) is 0 Å². The van der Waals surface area contributed by atoms with Gasteiger partial charge in [-0.3, -0.25) is 14.4 Å². The van der Waals surface area contributed by atoms with Crippen molar-refractivity contribution in [2.75, 3.05) is 41.7 Å². The molecule has 9 nitrogen and oxygen atoms in total. The molecule has 0 radical (unpaired) electrons. The van der Waals surface area contributed by atoms with Crippen LogP contribution in [0.25, 0.3) is 0 Å². The smallest absolute Gasteiger partial charge is 0.202 e. The van der Waals surface area contributed by atoms with Crippen LogP contribution in [0.5, 0.6) is 23.0 Å². The molecule has 0 spiro atoms. The number of hydrogen-bond donors (Lipinski definition) is 0. The van der Waals surface area contributed by atoms with Gasteiger partial charge in [-0.05, 0) is 19.1 Å². The summed E-state index contributed by atoms with van der Waals surface area (Å²) >= 11 is 6.35. The summed E-state index contributed by atoms with van der Waals surface area (Å²) in [6.45, 7) is 2.37. The van der Waals surface area contributed by atoms with E-state index >= 15 is 0 Å². The molecule has 1 fully saturated rings. The zero-order valence-corrected chi connectivity index (χ0v) is 20.1. The molecule has 180 valence electrons. The van der Waals surface area contributed by atoms with Crippen LogP contribution in [0.3, 0.4) is 0 Å². The average molecular weight is 491 g/mol. The number of methoxy groups -OCH3 is 4. The van der Waals surface area contributed by atoms with E-state index < -0.39 is 23.1 Å². The number of halogens is 1. The van der Waals surface area contributed by atoms with Gasteiger partial charge in [0.15, 0.2) is 23.1 Å². The molecule has 2 aromatic carbocycles. The lowest BCUT2D eigenvalue weighted by molar-refractivity contribution is -0.138. The Bertz CT molecular complexity index is 1210. The predicted octanol–water partition coefficient (Wildman–Crippen LogP) is 3.49. The fraction of sp³-hybridized carbons (Fsp3) is 0.375. The van der Waals surface area contributed by atoms with Crippen molar-refractivity contribution >= 4 is 29.0 Å². The van der Waals surface area contributed by atoms with Gasteiger partial charge in [-0.2, -0.15) is 0 Å². The topological polar surface area (TPSA) is 107 Å². The van der Waals surface area contributed by atoms with Gasteiger partial charge in [0.1, 0.15) is 27.8 Å². The van der Waals surface area contributed by atoms with Crippen molar-refractivity contribution in [3.8, 4) is 23.0 Å². The molecule has 34 heavy (non-hydrogen) atoms. The summed E-state index contributed by atoms with van der Waals surface area (Å²) in [5.74, 6) is -2.47. The first-order chi connectivity index (χ1) is 16.2. The molecule has 0 aromatic heterocycles. The number of Topliss-reactive ketones (excluding diaryl/α,β-unsaturated/α-hetero) is 1. The quantitative estimate of drug-likeness (QED) is 0.460. The number of carbonyl (C=O) groups is 3. The molecular weight excluding hydrogens is 468 g/mol. The molecule has 0 unspecified atom stereocenters. The van der Waals surface area contributed by atoms with Crippen molar-refractivity contribution in [1.82, 2.24) is 0 Å². The zero-order valence-electron chi connectivity index (χ0n) is 19.3. The average Bonchev–Trinajstić information content (AvgIpc) is 3.26. The number of fused-ring (bicyclic) bond motifs is 2. The third-order valence-corrected chi connectivity index (χ3v) is 6.24. The van der Waals surface area contributed by atoms with Crippen LogP contribution in [-0.2, 0) is 9.47 Å². The summed E-state index contributed by atoms with van der Waals surface area (Å²) in [5.41, 5.74) is -0.0377. The monoisotopic (exact) mass is 490 g/mol. The van der Waals surface area contributed by atoms with Crippen LogP contribution in [0.15, 0.2) is 12.1 Å².